The second-order valence-electron chi connectivity index (χ2n) is 5.68. The first-order chi connectivity index (χ1) is 9.07. The van der Waals surface area contributed by atoms with E-state index in [4.69, 9.17) is 4.74 Å². The Labute approximate surface area is 116 Å². The highest BCUT2D eigenvalue weighted by Gasteiger charge is 2.36. The first-order valence-corrected chi connectivity index (χ1v) is 7.18. The lowest BCUT2D eigenvalue weighted by Crippen LogP contribution is -2.51. The van der Waals surface area contributed by atoms with Gasteiger partial charge in [-0.3, -0.25) is 0 Å². The van der Waals surface area contributed by atoms with Gasteiger partial charge < -0.3 is 15.2 Å². The van der Waals surface area contributed by atoms with Crippen LogP contribution >= 0.6 is 0 Å². The number of aliphatic hydroxyl groups is 1. The van der Waals surface area contributed by atoms with Crippen molar-refractivity contribution in [1.29, 1.82) is 0 Å². The molecule has 1 aliphatic rings. The van der Waals surface area contributed by atoms with Crippen LogP contribution in [0.5, 0.6) is 5.75 Å². The lowest BCUT2D eigenvalue weighted by Gasteiger charge is -2.39. The fourth-order valence-electron chi connectivity index (χ4n) is 2.93. The molecule has 1 aliphatic heterocycles. The third-order valence-corrected chi connectivity index (χ3v) is 4.42. The number of hydrogen-bond donors (Lipinski definition) is 2. The second kappa shape index (κ2) is 5.93. The standard InChI is InChI=1S/C16H25NO2/c1-4-12-8-9-17-15(10-12)16(2,18)13-6-5-7-14(11-13)19-3/h5-7,11-12,15,17-18H,4,8-10H2,1-3H3. The minimum absolute atomic E-state index is 0.110. The maximum atomic E-state index is 10.9. The summed E-state index contributed by atoms with van der Waals surface area (Å²) >= 11 is 0. The molecule has 106 valence electrons. The lowest BCUT2D eigenvalue weighted by molar-refractivity contribution is -0.00323. The molecule has 1 aromatic carbocycles. The molecule has 1 fully saturated rings. The number of rotatable bonds is 4. The molecule has 0 radical (unpaired) electrons. The molecule has 0 spiro atoms. The highest BCUT2D eigenvalue weighted by atomic mass is 16.5. The average molecular weight is 263 g/mol. The average Bonchev–Trinajstić information content (AvgIpc) is 2.47. The van der Waals surface area contributed by atoms with Crippen molar-refractivity contribution >= 4 is 0 Å². The third-order valence-electron chi connectivity index (χ3n) is 4.42. The van der Waals surface area contributed by atoms with Crippen molar-refractivity contribution in [3.8, 4) is 5.75 Å². The van der Waals surface area contributed by atoms with Crippen LogP contribution in [0.15, 0.2) is 24.3 Å². The van der Waals surface area contributed by atoms with Crippen molar-refractivity contribution in [2.45, 2.75) is 44.8 Å². The predicted octanol–water partition coefficient (Wildman–Crippen LogP) is 2.68. The number of nitrogens with one attached hydrogen (secondary N) is 1. The van der Waals surface area contributed by atoms with E-state index in [0.717, 1.165) is 24.3 Å². The molecular formula is C16H25NO2. The van der Waals surface area contributed by atoms with Gasteiger partial charge in [-0.2, -0.15) is 0 Å². The Balaban J connectivity index is 2.20. The van der Waals surface area contributed by atoms with Crippen molar-refractivity contribution in [3.63, 3.8) is 0 Å². The summed E-state index contributed by atoms with van der Waals surface area (Å²) in [6, 6.07) is 7.85. The molecule has 0 aliphatic carbocycles. The summed E-state index contributed by atoms with van der Waals surface area (Å²) in [4.78, 5) is 0. The van der Waals surface area contributed by atoms with Crippen molar-refractivity contribution in [2.75, 3.05) is 13.7 Å². The predicted molar refractivity (Wildman–Crippen MR) is 77.4 cm³/mol. The molecule has 0 aromatic heterocycles. The van der Waals surface area contributed by atoms with Gasteiger partial charge >= 0.3 is 0 Å². The molecule has 0 amide bonds. The van der Waals surface area contributed by atoms with Crippen LogP contribution in [0.1, 0.15) is 38.7 Å². The van der Waals surface area contributed by atoms with E-state index in [0.29, 0.717) is 5.92 Å². The summed E-state index contributed by atoms with van der Waals surface area (Å²) in [5.74, 6) is 1.50. The zero-order valence-corrected chi connectivity index (χ0v) is 12.1. The van der Waals surface area contributed by atoms with E-state index in [1.165, 1.54) is 12.8 Å². The van der Waals surface area contributed by atoms with E-state index >= 15 is 0 Å². The van der Waals surface area contributed by atoms with Gasteiger partial charge in [0.1, 0.15) is 11.4 Å². The van der Waals surface area contributed by atoms with E-state index in [-0.39, 0.29) is 6.04 Å². The van der Waals surface area contributed by atoms with E-state index in [2.05, 4.69) is 12.2 Å². The lowest BCUT2D eigenvalue weighted by atomic mass is 9.79. The molecule has 3 nitrogen and oxygen atoms in total. The highest BCUT2D eigenvalue weighted by Crippen LogP contribution is 2.33. The molecule has 1 saturated heterocycles. The van der Waals surface area contributed by atoms with Gasteiger partial charge in [0, 0.05) is 6.04 Å². The largest absolute Gasteiger partial charge is 0.497 e. The van der Waals surface area contributed by atoms with Crippen LogP contribution < -0.4 is 10.1 Å². The van der Waals surface area contributed by atoms with Crippen molar-refractivity contribution < 1.29 is 9.84 Å². The Kier molecular flexibility index (Phi) is 4.48. The van der Waals surface area contributed by atoms with Crippen LogP contribution in [0.4, 0.5) is 0 Å². The summed E-state index contributed by atoms with van der Waals surface area (Å²) < 4.78 is 5.25. The van der Waals surface area contributed by atoms with E-state index < -0.39 is 5.60 Å². The first-order valence-electron chi connectivity index (χ1n) is 7.18. The zero-order chi connectivity index (χ0) is 13.9. The number of benzene rings is 1. The minimum Gasteiger partial charge on any atom is -0.497 e. The fourth-order valence-corrected chi connectivity index (χ4v) is 2.93. The number of ether oxygens (including phenoxy) is 1. The smallest absolute Gasteiger partial charge is 0.119 e. The van der Waals surface area contributed by atoms with Crippen LogP contribution in [0.3, 0.4) is 0 Å². The maximum absolute atomic E-state index is 10.9. The van der Waals surface area contributed by atoms with Crippen molar-refractivity contribution in [3.05, 3.63) is 29.8 Å². The SMILES string of the molecule is CCC1CCNC(C(C)(O)c2cccc(OC)c2)C1. The monoisotopic (exact) mass is 263 g/mol. The zero-order valence-electron chi connectivity index (χ0n) is 12.1. The Morgan fingerprint density at radius 3 is 2.95 bits per heavy atom. The van der Waals surface area contributed by atoms with Gasteiger partial charge in [-0.25, -0.2) is 0 Å². The van der Waals surface area contributed by atoms with Crippen LogP contribution in [-0.2, 0) is 5.60 Å². The Morgan fingerprint density at radius 2 is 2.26 bits per heavy atom. The summed E-state index contributed by atoms with van der Waals surface area (Å²) in [6.07, 6.45) is 3.42. The van der Waals surface area contributed by atoms with E-state index in [1.54, 1.807) is 7.11 Å². The molecule has 1 heterocycles. The molecule has 19 heavy (non-hydrogen) atoms. The van der Waals surface area contributed by atoms with Gasteiger partial charge in [0.15, 0.2) is 0 Å². The van der Waals surface area contributed by atoms with Crippen LogP contribution in [0.2, 0.25) is 0 Å². The van der Waals surface area contributed by atoms with Crippen molar-refractivity contribution in [1.82, 2.24) is 5.32 Å². The van der Waals surface area contributed by atoms with Crippen LogP contribution in [-0.4, -0.2) is 24.8 Å². The van der Waals surface area contributed by atoms with Gasteiger partial charge in [-0.05, 0) is 49.9 Å². The normalized spacial score (nSPS) is 26.7. The van der Waals surface area contributed by atoms with E-state index in [9.17, 15) is 5.11 Å². The molecule has 0 bridgehead atoms. The first kappa shape index (κ1) is 14.4. The molecule has 2 rings (SSSR count). The molecular weight excluding hydrogens is 238 g/mol. The quantitative estimate of drug-likeness (QED) is 0.877. The Bertz CT molecular complexity index is 417. The fraction of sp³-hybridized carbons (Fsp3) is 0.625. The van der Waals surface area contributed by atoms with Crippen molar-refractivity contribution in [2.24, 2.45) is 5.92 Å². The van der Waals surface area contributed by atoms with E-state index in [1.807, 2.05) is 31.2 Å². The Hall–Kier alpha value is -1.06. The van der Waals surface area contributed by atoms with Crippen LogP contribution in [0.25, 0.3) is 0 Å². The molecule has 3 atom stereocenters. The molecule has 3 heteroatoms. The summed E-state index contributed by atoms with van der Waals surface area (Å²) in [6.45, 7) is 5.12. The Morgan fingerprint density at radius 1 is 1.47 bits per heavy atom. The van der Waals surface area contributed by atoms with Gasteiger partial charge in [-0.15, -0.1) is 0 Å². The van der Waals surface area contributed by atoms with Gasteiger partial charge in [0.05, 0.1) is 7.11 Å². The molecule has 3 unspecified atom stereocenters. The minimum atomic E-state index is -0.859. The number of methoxy groups -OCH3 is 1. The summed E-state index contributed by atoms with van der Waals surface area (Å²) in [5, 5.41) is 14.4. The maximum Gasteiger partial charge on any atom is 0.119 e. The highest BCUT2D eigenvalue weighted by molar-refractivity contribution is 5.33. The van der Waals surface area contributed by atoms with Gasteiger partial charge in [0.2, 0.25) is 0 Å². The topological polar surface area (TPSA) is 41.5 Å². The molecule has 2 N–H and O–H groups in total. The molecule has 1 aromatic rings. The second-order valence-corrected chi connectivity index (χ2v) is 5.68. The number of hydrogen-bond acceptors (Lipinski definition) is 3. The summed E-state index contributed by atoms with van der Waals surface area (Å²) in [7, 11) is 1.65. The number of piperidine rings is 1. The van der Waals surface area contributed by atoms with Crippen LogP contribution in [0, 0.1) is 5.92 Å². The molecule has 0 saturated carbocycles. The van der Waals surface area contributed by atoms with Gasteiger partial charge in [-0.1, -0.05) is 25.5 Å². The third kappa shape index (κ3) is 3.10. The summed E-state index contributed by atoms with van der Waals surface area (Å²) in [5.41, 5.74) is 0.0589. The van der Waals surface area contributed by atoms with Gasteiger partial charge in [0.25, 0.3) is 0 Å².